The van der Waals surface area contributed by atoms with E-state index in [0.29, 0.717) is 23.6 Å². The summed E-state index contributed by atoms with van der Waals surface area (Å²) in [5, 5.41) is 2.88. The van der Waals surface area contributed by atoms with Crippen LogP contribution in [0.15, 0.2) is 36.7 Å². The van der Waals surface area contributed by atoms with E-state index in [2.05, 4.69) is 10.3 Å². The lowest BCUT2D eigenvalue weighted by atomic mass is 10.1. The number of anilines is 1. The van der Waals surface area contributed by atoms with E-state index >= 15 is 0 Å². The van der Waals surface area contributed by atoms with E-state index in [0.717, 1.165) is 17.7 Å². The molecule has 3 rings (SSSR count). The first-order valence-corrected chi connectivity index (χ1v) is 7.35. The van der Waals surface area contributed by atoms with Crippen molar-refractivity contribution in [3.8, 4) is 11.5 Å². The van der Waals surface area contributed by atoms with Crippen LogP contribution in [-0.2, 0) is 6.42 Å². The maximum Gasteiger partial charge on any atom is 0.255 e. The fourth-order valence-corrected chi connectivity index (χ4v) is 2.51. The minimum absolute atomic E-state index is 0.149. The van der Waals surface area contributed by atoms with Gasteiger partial charge in [-0.15, -0.1) is 0 Å². The molecule has 114 valence electrons. The lowest BCUT2D eigenvalue weighted by molar-refractivity contribution is 0.102. The number of benzene rings is 1. The maximum absolute atomic E-state index is 12.3. The zero-order valence-corrected chi connectivity index (χ0v) is 12.6. The molecule has 1 unspecified atom stereocenters. The number of hydrogen-bond donors (Lipinski definition) is 1. The van der Waals surface area contributed by atoms with Crippen LogP contribution >= 0.6 is 0 Å². The number of carbonyl (C=O) groups excluding carboxylic acids is 1. The number of aromatic nitrogens is 1. The van der Waals surface area contributed by atoms with E-state index in [-0.39, 0.29) is 12.0 Å². The second-order valence-electron chi connectivity index (χ2n) is 5.21. The molecule has 1 aliphatic rings. The molecular formula is C17H18N2O3. The smallest absolute Gasteiger partial charge is 0.255 e. The molecule has 1 aromatic carbocycles. The molecular weight excluding hydrogens is 280 g/mol. The second-order valence-corrected chi connectivity index (χ2v) is 5.21. The molecule has 0 saturated heterocycles. The van der Waals surface area contributed by atoms with Crippen molar-refractivity contribution in [2.75, 3.05) is 11.9 Å². The summed E-state index contributed by atoms with van der Waals surface area (Å²) >= 11 is 0. The molecule has 1 N–H and O–H groups in total. The predicted octanol–water partition coefficient (Wildman–Crippen LogP) is 3.06. The number of carbonyl (C=O) groups is 1. The zero-order valence-electron chi connectivity index (χ0n) is 12.6. The van der Waals surface area contributed by atoms with E-state index < -0.39 is 0 Å². The molecule has 0 saturated carbocycles. The van der Waals surface area contributed by atoms with Gasteiger partial charge in [0.15, 0.2) is 0 Å². The summed E-state index contributed by atoms with van der Waals surface area (Å²) in [5.41, 5.74) is 2.28. The van der Waals surface area contributed by atoms with Crippen LogP contribution in [-0.4, -0.2) is 23.6 Å². The predicted molar refractivity (Wildman–Crippen MR) is 83.6 cm³/mol. The number of nitrogens with zero attached hydrogens (tertiary/aromatic N) is 1. The monoisotopic (exact) mass is 298 g/mol. The van der Waals surface area contributed by atoms with Crippen molar-refractivity contribution >= 4 is 11.6 Å². The Balaban J connectivity index is 1.89. The Hall–Kier alpha value is -2.56. The Morgan fingerprint density at radius 1 is 1.41 bits per heavy atom. The highest BCUT2D eigenvalue weighted by molar-refractivity contribution is 6.05. The summed E-state index contributed by atoms with van der Waals surface area (Å²) in [5.74, 6) is 1.27. The molecule has 2 aromatic rings. The highest BCUT2D eigenvalue weighted by atomic mass is 16.5. The Bertz CT molecular complexity index is 686. The van der Waals surface area contributed by atoms with Crippen molar-refractivity contribution in [1.82, 2.24) is 4.98 Å². The summed E-state index contributed by atoms with van der Waals surface area (Å²) in [6, 6.07) is 7.12. The first-order valence-electron chi connectivity index (χ1n) is 7.35. The van der Waals surface area contributed by atoms with Crippen LogP contribution in [0, 0.1) is 0 Å². The number of fused-ring (bicyclic) bond motifs is 1. The number of rotatable bonds is 4. The van der Waals surface area contributed by atoms with Gasteiger partial charge in [0, 0.05) is 36.0 Å². The Morgan fingerprint density at radius 2 is 2.18 bits per heavy atom. The zero-order chi connectivity index (χ0) is 15.5. The molecule has 1 atom stereocenters. The fraction of sp³-hybridized carbons (Fsp3) is 0.294. The lowest BCUT2D eigenvalue weighted by Crippen LogP contribution is -2.13. The average Bonchev–Trinajstić information content (AvgIpc) is 2.87. The molecule has 0 fully saturated rings. The van der Waals surface area contributed by atoms with E-state index in [9.17, 15) is 4.79 Å². The second kappa shape index (κ2) is 6.05. The third-order valence-electron chi connectivity index (χ3n) is 3.49. The van der Waals surface area contributed by atoms with E-state index in [1.165, 1.54) is 0 Å². The summed E-state index contributed by atoms with van der Waals surface area (Å²) in [6.07, 6.45) is 4.18. The largest absolute Gasteiger partial charge is 0.492 e. The summed E-state index contributed by atoms with van der Waals surface area (Å²) < 4.78 is 11.4. The van der Waals surface area contributed by atoms with Gasteiger partial charge in [-0.2, -0.15) is 0 Å². The van der Waals surface area contributed by atoms with Gasteiger partial charge in [0.05, 0.1) is 12.3 Å². The Kier molecular flexibility index (Phi) is 3.96. The number of pyridine rings is 1. The quantitative estimate of drug-likeness (QED) is 0.942. The molecule has 0 aliphatic carbocycles. The summed E-state index contributed by atoms with van der Waals surface area (Å²) in [6.45, 7) is 4.48. The highest BCUT2D eigenvalue weighted by Crippen LogP contribution is 2.38. The Morgan fingerprint density at radius 3 is 2.91 bits per heavy atom. The van der Waals surface area contributed by atoms with Gasteiger partial charge in [-0.05, 0) is 32.0 Å². The third-order valence-corrected chi connectivity index (χ3v) is 3.49. The van der Waals surface area contributed by atoms with Gasteiger partial charge in [-0.3, -0.25) is 9.78 Å². The molecule has 1 amide bonds. The summed E-state index contributed by atoms with van der Waals surface area (Å²) in [4.78, 5) is 16.2. The first-order chi connectivity index (χ1) is 10.7. The average molecular weight is 298 g/mol. The third kappa shape index (κ3) is 2.88. The van der Waals surface area contributed by atoms with Crippen molar-refractivity contribution in [2.24, 2.45) is 0 Å². The van der Waals surface area contributed by atoms with Crippen LogP contribution in [0.5, 0.6) is 11.5 Å². The van der Waals surface area contributed by atoms with Crippen molar-refractivity contribution in [3.05, 3.63) is 47.8 Å². The normalized spacial score (nSPS) is 15.8. The molecule has 0 spiro atoms. The number of hydrogen-bond acceptors (Lipinski definition) is 4. The maximum atomic E-state index is 12.3. The minimum Gasteiger partial charge on any atom is -0.492 e. The van der Waals surface area contributed by atoms with Gasteiger partial charge in [-0.25, -0.2) is 0 Å². The SMILES string of the molecule is CCOc1cc2c(cc1NC(=O)c1ccncc1)OC(C)C2. The van der Waals surface area contributed by atoms with Gasteiger partial charge in [0.2, 0.25) is 0 Å². The minimum atomic E-state index is -0.200. The number of ether oxygens (including phenoxy) is 2. The van der Waals surface area contributed by atoms with Crippen molar-refractivity contribution < 1.29 is 14.3 Å². The van der Waals surface area contributed by atoms with Gasteiger partial charge < -0.3 is 14.8 Å². The molecule has 5 nitrogen and oxygen atoms in total. The summed E-state index contributed by atoms with van der Waals surface area (Å²) in [7, 11) is 0. The van der Waals surface area contributed by atoms with Crippen LogP contribution < -0.4 is 14.8 Å². The molecule has 0 radical (unpaired) electrons. The lowest BCUT2D eigenvalue weighted by Gasteiger charge is -2.13. The van der Waals surface area contributed by atoms with Crippen molar-refractivity contribution in [1.29, 1.82) is 0 Å². The van der Waals surface area contributed by atoms with Crippen LogP contribution in [0.2, 0.25) is 0 Å². The van der Waals surface area contributed by atoms with Gasteiger partial charge in [0.1, 0.15) is 17.6 Å². The van der Waals surface area contributed by atoms with E-state index in [1.807, 2.05) is 26.0 Å². The number of nitrogens with one attached hydrogen (secondary N) is 1. The molecule has 2 heterocycles. The molecule has 0 bridgehead atoms. The first kappa shape index (κ1) is 14.4. The van der Waals surface area contributed by atoms with Crippen molar-refractivity contribution in [3.63, 3.8) is 0 Å². The van der Waals surface area contributed by atoms with Crippen LogP contribution in [0.1, 0.15) is 29.8 Å². The molecule has 5 heteroatoms. The molecule has 1 aromatic heterocycles. The molecule has 22 heavy (non-hydrogen) atoms. The van der Waals surface area contributed by atoms with Crippen LogP contribution in [0.4, 0.5) is 5.69 Å². The fourth-order valence-electron chi connectivity index (χ4n) is 2.51. The van der Waals surface area contributed by atoms with Crippen LogP contribution in [0.3, 0.4) is 0 Å². The van der Waals surface area contributed by atoms with E-state index in [1.54, 1.807) is 24.5 Å². The van der Waals surface area contributed by atoms with Gasteiger partial charge in [0.25, 0.3) is 5.91 Å². The van der Waals surface area contributed by atoms with Gasteiger partial charge in [-0.1, -0.05) is 0 Å². The Labute approximate surface area is 129 Å². The van der Waals surface area contributed by atoms with Crippen LogP contribution in [0.25, 0.3) is 0 Å². The van der Waals surface area contributed by atoms with E-state index in [4.69, 9.17) is 9.47 Å². The highest BCUT2D eigenvalue weighted by Gasteiger charge is 2.22. The topological polar surface area (TPSA) is 60.5 Å². The van der Waals surface area contributed by atoms with Crippen molar-refractivity contribution in [2.45, 2.75) is 26.4 Å². The number of amides is 1. The molecule has 1 aliphatic heterocycles. The standard InChI is InChI=1S/C17H18N2O3/c1-3-21-16-9-13-8-11(2)22-15(13)10-14(16)19-17(20)12-4-6-18-7-5-12/h4-7,9-11H,3,8H2,1-2H3,(H,19,20). The van der Waals surface area contributed by atoms with Gasteiger partial charge >= 0.3 is 0 Å².